The summed E-state index contributed by atoms with van der Waals surface area (Å²) in [5, 5.41) is 10.2. The molecular formula is C13H15N5O2S. The number of amides is 1. The van der Waals surface area contributed by atoms with Crippen LogP contribution in [0.2, 0.25) is 0 Å². The Morgan fingerprint density at radius 2 is 2.00 bits per heavy atom. The minimum Gasteiger partial charge on any atom is -0.497 e. The van der Waals surface area contributed by atoms with Gasteiger partial charge in [-0.3, -0.25) is 9.48 Å². The van der Waals surface area contributed by atoms with Gasteiger partial charge in [-0.1, -0.05) is 0 Å². The van der Waals surface area contributed by atoms with Gasteiger partial charge in [0, 0.05) is 18.9 Å². The van der Waals surface area contributed by atoms with Gasteiger partial charge >= 0.3 is 0 Å². The summed E-state index contributed by atoms with van der Waals surface area (Å²) in [5.41, 5.74) is 6.64. The molecule has 7 nitrogen and oxygen atoms in total. The lowest BCUT2D eigenvalue weighted by Gasteiger charge is -2.10. The molecule has 4 N–H and O–H groups in total. The van der Waals surface area contributed by atoms with Gasteiger partial charge in [-0.25, -0.2) is 0 Å². The van der Waals surface area contributed by atoms with Gasteiger partial charge in [0.2, 0.25) is 0 Å². The lowest BCUT2D eigenvalue weighted by Crippen LogP contribution is -2.21. The van der Waals surface area contributed by atoms with E-state index in [2.05, 4.69) is 15.7 Å². The molecule has 110 valence electrons. The van der Waals surface area contributed by atoms with Crippen molar-refractivity contribution in [2.75, 3.05) is 17.7 Å². The molecule has 0 aliphatic carbocycles. The van der Waals surface area contributed by atoms with Crippen LogP contribution in [-0.2, 0) is 7.05 Å². The second-order valence-corrected chi connectivity index (χ2v) is 4.65. The monoisotopic (exact) mass is 305 g/mol. The summed E-state index contributed by atoms with van der Waals surface area (Å²) < 4.78 is 6.56. The lowest BCUT2D eigenvalue weighted by molar-refractivity contribution is 0.0995. The molecule has 0 saturated heterocycles. The zero-order chi connectivity index (χ0) is 15.4. The van der Waals surface area contributed by atoms with Crippen molar-refractivity contribution in [2.45, 2.75) is 0 Å². The van der Waals surface area contributed by atoms with Crippen LogP contribution in [0.3, 0.4) is 0 Å². The number of nitrogens with two attached hydrogens (primary N) is 1. The number of hydrogen-bond donors (Lipinski definition) is 3. The highest BCUT2D eigenvalue weighted by Crippen LogP contribution is 2.16. The fourth-order valence-corrected chi connectivity index (χ4v) is 1.95. The fraction of sp³-hybridized carbons (Fsp3) is 0.154. The molecule has 2 rings (SSSR count). The number of carbonyl (C=O) groups excluding carboxylic acids is 1. The predicted molar refractivity (Wildman–Crippen MR) is 84.6 cm³/mol. The van der Waals surface area contributed by atoms with Crippen LogP contribution in [0.4, 0.5) is 11.4 Å². The number of benzene rings is 1. The van der Waals surface area contributed by atoms with E-state index in [1.807, 2.05) is 24.3 Å². The van der Waals surface area contributed by atoms with Gasteiger partial charge < -0.3 is 21.1 Å². The van der Waals surface area contributed by atoms with Crippen LogP contribution in [0, 0.1) is 0 Å². The van der Waals surface area contributed by atoms with E-state index in [-0.39, 0.29) is 5.69 Å². The zero-order valence-corrected chi connectivity index (χ0v) is 12.4. The summed E-state index contributed by atoms with van der Waals surface area (Å²) in [6, 6.07) is 7.27. The van der Waals surface area contributed by atoms with Crippen LogP contribution in [-0.4, -0.2) is 27.9 Å². The number of thiocarbonyl (C=S) groups is 1. The van der Waals surface area contributed by atoms with Gasteiger partial charge in [0.15, 0.2) is 10.8 Å². The topological polar surface area (TPSA) is 94.2 Å². The quantitative estimate of drug-likeness (QED) is 0.738. The molecule has 0 radical (unpaired) electrons. The van der Waals surface area contributed by atoms with E-state index >= 15 is 0 Å². The highest BCUT2D eigenvalue weighted by atomic mass is 32.1. The van der Waals surface area contributed by atoms with Crippen molar-refractivity contribution < 1.29 is 9.53 Å². The molecule has 0 aliphatic heterocycles. The minimum atomic E-state index is -0.620. The van der Waals surface area contributed by atoms with Crippen molar-refractivity contribution in [3.8, 4) is 5.75 Å². The van der Waals surface area contributed by atoms with Crippen LogP contribution >= 0.6 is 12.2 Å². The molecule has 8 heteroatoms. The molecular weight excluding hydrogens is 290 g/mol. The van der Waals surface area contributed by atoms with Gasteiger partial charge in [-0.15, -0.1) is 0 Å². The number of hydrogen-bond acceptors (Lipinski definition) is 4. The van der Waals surface area contributed by atoms with Crippen LogP contribution in [0.25, 0.3) is 0 Å². The highest BCUT2D eigenvalue weighted by molar-refractivity contribution is 7.80. The number of nitrogens with one attached hydrogen (secondary N) is 2. The molecule has 1 heterocycles. The Hall–Kier alpha value is -2.61. The third-order valence-electron chi connectivity index (χ3n) is 2.66. The maximum Gasteiger partial charge on any atom is 0.271 e. The maximum absolute atomic E-state index is 11.3. The fourth-order valence-electron chi connectivity index (χ4n) is 1.72. The molecule has 0 atom stereocenters. The standard InChI is InChI=1S/C13H15N5O2S/c1-18-7-10(11(17-18)12(14)19)16-13(21)15-8-3-5-9(20-2)6-4-8/h3-7H,1-2H3,(H2,14,19)(H2,15,16,21). The van der Waals surface area contributed by atoms with E-state index in [4.69, 9.17) is 22.7 Å². The number of aromatic nitrogens is 2. The maximum atomic E-state index is 11.3. The van der Waals surface area contributed by atoms with Crippen molar-refractivity contribution >= 4 is 34.6 Å². The zero-order valence-electron chi connectivity index (χ0n) is 11.6. The van der Waals surface area contributed by atoms with Gasteiger partial charge in [0.05, 0.1) is 12.8 Å². The number of ether oxygens (including phenoxy) is 1. The Bertz CT molecular complexity index is 666. The number of aryl methyl sites for hydroxylation is 1. The molecule has 1 aromatic carbocycles. The highest BCUT2D eigenvalue weighted by Gasteiger charge is 2.14. The molecule has 2 aromatic rings. The van der Waals surface area contributed by atoms with E-state index in [0.29, 0.717) is 10.8 Å². The summed E-state index contributed by atoms with van der Waals surface area (Å²) in [4.78, 5) is 11.3. The van der Waals surface area contributed by atoms with Gasteiger partial charge in [0.1, 0.15) is 5.75 Å². The van der Waals surface area contributed by atoms with E-state index in [0.717, 1.165) is 11.4 Å². The van der Waals surface area contributed by atoms with E-state index in [1.165, 1.54) is 4.68 Å². The number of anilines is 2. The summed E-state index contributed by atoms with van der Waals surface area (Å²) >= 11 is 5.19. The van der Waals surface area contributed by atoms with Crippen molar-refractivity contribution in [1.29, 1.82) is 0 Å². The van der Waals surface area contributed by atoms with Crippen LogP contribution in [0.15, 0.2) is 30.5 Å². The Labute approximate surface area is 127 Å². The van der Waals surface area contributed by atoms with Gasteiger partial charge in [-0.2, -0.15) is 5.10 Å². The van der Waals surface area contributed by atoms with Gasteiger partial charge in [-0.05, 0) is 36.5 Å². The summed E-state index contributed by atoms with van der Waals surface area (Å²) in [6.07, 6.45) is 1.63. The molecule has 0 saturated carbocycles. The minimum absolute atomic E-state index is 0.136. The molecule has 0 aliphatic rings. The van der Waals surface area contributed by atoms with Crippen molar-refractivity contribution in [2.24, 2.45) is 12.8 Å². The number of rotatable bonds is 4. The first kappa shape index (κ1) is 14.8. The largest absolute Gasteiger partial charge is 0.497 e. The van der Waals surface area contributed by atoms with Crippen molar-refractivity contribution in [1.82, 2.24) is 9.78 Å². The number of methoxy groups -OCH3 is 1. The Morgan fingerprint density at radius 3 is 2.57 bits per heavy atom. The third kappa shape index (κ3) is 3.69. The lowest BCUT2D eigenvalue weighted by atomic mass is 10.3. The number of primary amides is 1. The summed E-state index contributed by atoms with van der Waals surface area (Å²) in [6.45, 7) is 0. The molecule has 0 bridgehead atoms. The smallest absolute Gasteiger partial charge is 0.271 e. The third-order valence-corrected chi connectivity index (χ3v) is 2.86. The predicted octanol–water partition coefficient (Wildman–Crippen LogP) is 1.34. The first-order valence-corrected chi connectivity index (χ1v) is 6.46. The summed E-state index contributed by atoms with van der Waals surface area (Å²) in [5.74, 6) is 0.132. The van der Waals surface area contributed by atoms with Crippen molar-refractivity contribution in [3.63, 3.8) is 0 Å². The van der Waals surface area contributed by atoms with Crippen molar-refractivity contribution in [3.05, 3.63) is 36.2 Å². The summed E-state index contributed by atoms with van der Waals surface area (Å²) in [7, 11) is 3.29. The van der Waals surface area contributed by atoms with E-state index in [9.17, 15) is 4.79 Å². The SMILES string of the molecule is COc1ccc(NC(=S)Nc2cn(C)nc2C(N)=O)cc1. The molecule has 0 fully saturated rings. The first-order chi connectivity index (χ1) is 9.99. The Morgan fingerprint density at radius 1 is 1.33 bits per heavy atom. The van der Waals surface area contributed by atoms with E-state index in [1.54, 1.807) is 20.4 Å². The first-order valence-electron chi connectivity index (χ1n) is 6.05. The number of nitrogens with zero attached hydrogens (tertiary/aromatic N) is 2. The number of carbonyl (C=O) groups is 1. The van der Waals surface area contributed by atoms with Crippen LogP contribution in [0.1, 0.15) is 10.5 Å². The Kier molecular flexibility index (Phi) is 4.39. The molecule has 1 amide bonds. The second kappa shape index (κ2) is 6.23. The molecule has 0 spiro atoms. The second-order valence-electron chi connectivity index (χ2n) is 4.24. The average Bonchev–Trinajstić information content (AvgIpc) is 2.80. The molecule has 1 aromatic heterocycles. The Balaban J connectivity index is 2.06. The van der Waals surface area contributed by atoms with Crippen LogP contribution in [0.5, 0.6) is 5.75 Å². The molecule has 0 unspecified atom stereocenters. The molecule has 21 heavy (non-hydrogen) atoms. The van der Waals surface area contributed by atoms with E-state index < -0.39 is 5.91 Å². The average molecular weight is 305 g/mol. The van der Waals surface area contributed by atoms with Gasteiger partial charge in [0.25, 0.3) is 5.91 Å². The normalized spacial score (nSPS) is 10.0. The van der Waals surface area contributed by atoms with Crippen LogP contribution < -0.4 is 21.1 Å².